The van der Waals surface area contributed by atoms with Crippen LogP contribution in [0, 0.1) is 5.92 Å². The summed E-state index contributed by atoms with van der Waals surface area (Å²) in [5.41, 5.74) is 3.48. The molecule has 0 fully saturated rings. The molecule has 1 heterocycles. The van der Waals surface area contributed by atoms with E-state index in [2.05, 4.69) is 27.8 Å². The zero-order valence-corrected chi connectivity index (χ0v) is 17.5. The summed E-state index contributed by atoms with van der Waals surface area (Å²) in [6.07, 6.45) is 9.45. The number of fused-ring (bicyclic) bond motifs is 1. The van der Waals surface area contributed by atoms with Crippen molar-refractivity contribution in [3.63, 3.8) is 0 Å². The number of thiazole rings is 1. The van der Waals surface area contributed by atoms with Crippen molar-refractivity contribution in [1.29, 1.82) is 0 Å². The van der Waals surface area contributed by atoms with E-state index in [4.69, 9.17) is 0 Å². The highest BCUT2D eigenvalue weighted by Crippen LogP contribution is 2.27. The quantitative estimate of drug-likeness (QED) is 0.625. The summed E-state index contributed by atoms with van der Waals surface area (Å²) in [6, 6.07) is 6.04. The van der Waals surface area contributed by atoms with Gasteiger partial charge in [-0.1, -0.05) is 42.9 Å². The van der Waals surface area contributed by atoms with E-state index in [9.17, 15) is 9.59 Å². The normalized spacial score (nSPS) is 14.2. The highest BCUT2D eigenvalue weighted by molar-refractivity contribution is 7.22. The predicted octanol–water partition coefficient (Wildman–Crippen LogP) is 4.83. The number of nitrogens with one attached hydrogen (secondary N) is 2. The predicted molar refractivity (Wildman–Crippen MR) is 116 cm³/mol. The molecule has 2 aromatic rings. The van der Waals surface area contributed by atoms with Crippen molar-refractivity contribution in [2.24, 2.45) is 5.92 Å². The standard InChI is InChI=1S/C22H29N3O2S/c1-15(2)21(27)25-22-24-18-10-8-17(14-19(18)28-22)9-11-20(26)23-13-12-16-6-4-3-5-7-16/h6,8,10,14-15H,3-5,7,9,11-13H2,1-2H3,(H,23,26)(H,24,25,27). The smallest absolute Gasteiger partial charge is 0.228 e. The van der Waals surface area contributed by atoms with Gasteiger partial charge in [0.15, 0.2) is 5.13 Å². The van der Waals surface area contributed by atoms with Crippen LogP contribution < -0.4 is 10.6 Å². The lowest BCUT2D eigenvalue weighted by Gasteiger charge is -2.12. The summed E-state index contributed by atoms with van der Waals surface area (Å²) in [6.45, 7) is 4.45. The van der Waals surface area contributed by atoms with Gasteiger partial charge in [-0.15, -0.1) is 0 Å². The molecule has 0 atom stereocenters. The highest BCUT2D eigenvalue weighted by atomic mass is 32.1. The number of carbonyl (C=O) groups excluding carboxylic acids is 2. The van der Waals surface area contributed by atoms with E-state index in [0.717, 1.165) is 28.7 Å². The maximum atomic E-state index is 12.1. The molecule has 1 aromatic carbocycles. The second-order valence-electron chi connectivity index (χ2n) is 7.67. The Morgan fingerprint density at radius 3 is 2.82 bits per heavy atom. The Labute approximate surface area is 170 Å². The highest BCUT2D eigenvalue weighted by Gasteiger charge is 2.11. The number of aryl methyl sites for hydroxylation is 1. The van der Waals surface area contributed by atoms with Crippen molar-refractivity contribution in [3.8, 4) is 0 Å². The van der Waals surface area contributed by atoms with Crippen molar-refractivity contribution in [2.75, 3.05) is 11.9 Å². The molecule has 1 aliphatic rings. The van der Waals surface area contributed by atoms with Crippen LogP contribution in [-0.2, 0) is 16.0 Å². The minimum absolute atomic E-state index is 0.0278. The number of anilines is 1. The largest absolute Gasteiger partial charge is 0.356 e. The molecule has 6 heteroatoms. The van der Waals surface area contributed by atoms with E-state index in [0.29, 0.717) is 18.0 Å². The van der Waals surface area contributed by atoms with Crippen LogP contribution in [0.3, 0.4) is 0 Å². The second kappa shape index (κ2) is 9.82. The number of hydrogen-bond donors (Lipinski definition) is 2. The number of nitrogens with zero attached hydrogens (tertiary/aromatic N) is 1. The van der Waals surface area contributed by atoms with Crippen LogP contribution in [0.25, 0.3) is 10.2 Å². The first-order valence-electron chi connectivity index (χ1n) is 10.2. The molecule has 5 nitrogen and oxygen atoms in total. The van der Waals surface area contributed by atoms with Gasteiger partial charge in [-0.25, -0.2) is 4.98 Å². The Bertz CT molecular complexity index is 870. The van der Waals surface area contributed by atoms with Crippen LogP contribution in [-0.4, -0.2) is 23.3 Å². The Balaban J connectivity index is 1.47. The SMILES string of the molecule is CC(C)C(=O)Nc1nc2ccc(CCC(=O)NCCC3=CCCCC3)cc2s1. The van der Waals surface area contributed by atoms with Crippen molar-refractivity contribution >= 4 is 38.5 Å². The van der Waals surface area contributed by atoms with Crippen LogP contribution in [0.1, 0.15) is 57.9 Å². The maximum Gasteiger partial charge on any atom is 0.228 e. The van der Waals surface area contributed by atoms with Crippen molar-refractivity contribution in [2.45, 2.75) is 58.8 Å². The molecule has 2 amide bonds. The van der Waals surface area contributed by atoms with E-state index in [1.165, 1.54) is 42.6 Å². The Kier molecular flexibility index (Phi) is 7.20. The Morgan fingerprint density at radius 2 is 2.07 bits per heavy atom. The number of rotatable bonds is 8. The molecule has 2 N–H and O–H groups in total. The van der Waals surface area contributed by atoms with Gasteiger partial charge < -0.3 is 10.6 Å². The molecule has 1 aromatic heterocycles. The lowest BCUT2D eigenvalue weighted by molar-refractivity contribution is -0.121. The molecule has 0 spiro atoms. The zero-order chi connectivity index (χ0) is 19.9. The van der Waals surface area contributed by atoms with Gasteiger partial charge in [0.25, 0.3) is 0 Å². The average Bonchev–Trinajstić information content (AvgIpc) is 3.08. The van der Waals surface area contributed by atoms with E-state index in [-0.39, 0.29) is 17.7 Å². The zero-order valence-electron chi connectivity index (χ0n) is 16.7. The number of amides is 2. The summed E-state index contributed by atoms with van der Waals surface area (Å²) in [5, 5.41) is 6.51. The van der Waals surface area contributed by atoms with Crippen LogP contribution in [0.2, 0.25) is 0 Å². The van der Waals surface area contributed by atoms with E-state index < -0.39 is 0 Å². The molecule has 0 aliphatic heterocycles. The third-order valence-corrected chi connectivity index (χ3v) is 5.94. The maximum absolute atomic E-state index is 12.1. The minimum atomic E-state index is -0.0736. The van der Waals surface area contributed by atoms with Gasteiger partial charge in [0.1, 0.15) is 0 Å². The summed E-state index contributed by atoms with van der Waals surface area (Å²) in [7, 11) is 0. The number of carbonyl (C=O) groups is 2. The topological polar surface area (TPSA) is 71.1 Å². The van der Waals surface area contributed by atoms with Crippen LogP contribution >= 0.6 is 11.3 Å². The van der Waals surface area contributed by atoms with Crippen molar-refractivity contribution < 1.29 is 9.59 Å². The van der Waals surface area contributed by atoms with Crippen LogP contribution in [0.4, 0.5) is 5.13 Å². The monoisotopic (exact) mass is 399 g/mol. The van der Waals surface area contributed by atoms with Gasteiger partial charge in [0.05, 0.1) is 10.2 Å². The Hall–Kier alpha value is -2.21. The van der Waals surface area contributed by atoms with Crippen molar-refractivity contribution in [3.05, 3.63) is 35.4 Å². The minimum Gasteiger partial charge on any atom is -0.356 e. The molecule has 0 unspecified atom stereocenters. The molecule has 150 valence electrons. The van der Waals surface area contributed by atoms with Crippen LogP contribution in [0.15, 0.2) is 29.8 Å². The fraction of sp³-hybridized carbons (Fsp3) is 0.500. The summed E-state index contributed by atoms with van der Waals surface area (Å²) < 4.78 is 1.03. The summed E-state index contributed by atoms with van der Waals surface area (Å²) in [5.74, 6) is 0.00104. The van der Waals surface area contributed by atoms with E-state index >= 15 is 0 Å². The van der Waals surface area contributed by atoms with Gasteiger partial charge in [0.2, 0.25) is 11.8 Å². The fourth-order valence-electron chi connectivity index (χ4n) is 3.27. The number of allylic oxidation sites excluding steroid dienone is 1. The van der Waals surface area contributed by atoms with Crippen LogP contribution in [0.5, 0.6) is 0 Å². The molecule has 0 saturated carbocycles. The average molecular weight is 400 g/mol. The summed E-state index contributed by atoms with van der Waals surface area (Å²) in [4.78, 5) is 28.4. The fourth-order valence-corrected chi connectivity index (χ4v) is 4.20. The van der Waals surface area contributed by atoms with Gasteiger partial charge in [-0.3, -0.25) is 9.59 Å². The third-order valence-electron chi connectivity index (χ3n) is 5.00. The first kappa shape index (κ1) is 20.5. The second-order valence-corrected chi connectivity index (χ2v) is 8.70. The molecule has 1 aliphatic carbocycles. The molecule has 0 radical (unpaired) electrons. The lowest BCUT2D eigenvalue weighted by atomic mass is 9.97. The molecule has 0 saturated heterocycles. The molecular weight excluding hydrogens is 370 g/mol. The third kappa shape index (κ3) is 5.89. The van der Waals surface area contributed by atoms with Gasteiger partial charge in [-0.05, 0) is 56.2 Å². The first-order valence-corrected chi connectivity index (χ1v) is 11.0. The Morgan fingerprint density at radius 1 is 1.21 bits per heavy atom. The first-order chi connectivity index (χ1) is 13.5. The number of hydrogen-bond acceptors (Lipinski definition) is 4. The van der Waals surface area contributed by atoms with E-state index in [1.807, 2.05) is 26.0 Å². The number of aromatic nitrogens is 1. The van der Waals surface area contributed by atoms with Crippen molar-refractivity contribution in [1.82, 2.24) is 10.3 Å². The van der Waals surface area contributed by atoms with E-state index in [1.54, 1.807) is 0 Å². The van der Waals surface area contributed by atoms with Gasteiger partial charge >= 0.3 is 0 Å². The number of benzene rings is 1. The van der Waals surface area contributed by atoms with Gasteiger partial charge in [-0.2, -0.15) is 0 Å². The molecule has 28 heavy (non-hydrogen) atoms. The molecular formula is C22H29N3O2S. The molecule has 0 bridgehead atoms. The summed E-state index contributed by atoms with van der Waals surface area (Å²) >= 11 is 1.47. The molecule has 3 rings (SSSR count). The lowest BCUT2D eigenvalue weighted by Crippen LogP contribution is -2.25. The van der Waals surface area contributed by atoms with Gasteiger partial charge in [0, 0.05) is 18.9 Å².